The maximum atomic E-state index is 12.4. The van der Waals surface area contributed by atoms with Crippen molar-refractivity contribution in [3.8, 4) is 5.75 Å². The largest absolute Gasteiger partial charge is 0.495 e. The number of rotatable bonds is 4. The summed E-state index contributed by atoms with van der Waals surface area (Å²) in [5.74, 6) is 0.900. The first-order valence-electron chi connectivity index (χ1n) is 9.69. The van der Waals surface area contributed by atoms with Gasteiger partial charge in [-0.25, -0.2) is 4.79 Å². The second-order valence-corrected chi connectivity index (χ2v) is 7.36. The number of para-hydroxylation sites is 2. The van der Waals surface area contributed by atoms with Crippen LogP contribution in [-0.2, 0) is 12.8 Å². The molecule has 1 aliphatic carbocycles. The maximum Gasteiger partial charge on any atom is 0.315 e. The van der Waals surface area contributed by atoms with Gasteiger partial charge in [0, 0.05) is 37.3 Å². The molecule has 7 nitrogen and oxygen atoms in total. The van der Waals surface area contributed by atoms with E-state index >= 15 is 0 Å². The number of aromatic amines is 1. The number of fused-ring (bicyclic) bond motifs is 1. The van der Waals surface area contributed by atoms with Crippen molar-refractivity contribution in [1.82, 2.24) is 20.8 Å². The predicted octanol–water partition coefficient (Wildman–Crippen LogP) is 2.24. The van der Waals surface area contributed by atoms with E-state index in [-0.39, 0.29) is 18.1 Å². The number of nitrogens with one attached hydrogen (secondary N) is 3. The number of aromatic nitrogens is 2. The third kappa shape index (κ3) is 4.02. The van der Waals surface area contributed by atoms with Gasteiger partial charge in [0.05, 0.1) is 19.0 Å². The number of carbonyl (C=O) groups excluding carboxylic acids is 1. The van der Waals surface area contributed by atoms with Crippen LogP contribution in [0.1, 0.15) is 30.5 Å². The van der Waals surface area contributed by atoms with Gasteiger partial charge in [0.2, 0.25) is 0 Å². The molecule has 0 saturated carbocycles. The Labute approximate surface area is 159 Å². The van der Waals surface area contributed by atoms with Crippen LogP contribution in [-0.4, -0.2) is 48.5 Å². The molecule has 1 aliphatic heterocycles. The molecule has 27 heavy (non-hydrogen) atoms. The van der Waals surface area contributed by atoms with Crippen molar-refractivity contribution in [1.29, 1.82) is 0 Å². The summed E-state index contributed by atoms with van der Waals surface area (Å²) in [6.45, 7) is 1.82. The molecule has 2 amide bonds. The van der Waals surface area contributed by atoms with Crippen LogP contribution in [0.4, 0.5) is 10.5 Å². The Kier molecular flexibility index (Phi) is 5.18. The molecule has 7 heteroatoms. The minimum Gasteiger partial charge on any atom is -0.495 e. The minimum atomic E-state index is -0.0568. The highest BCUT2D eigenvalue weighted by Crippen LogP contribution is 2.29. The van der Waals surface area contributed by atoms with Crippen molar-refractivity contribution in [2.24, 2.45) is 0 Å². The van der Waals surface area contributed by atoms with Crippen molar-refractivity contribution in [3.63, 3.8) is 0 Å². The van der Waals surface area contributed by atoms with Crippen molar-refractivity contribution < 1.29 is 9.53 Å². The number of aryl methyl sites for hydroxylation is 1. The molecule has 1 aromatic carbocycles. The molecular weight excluding hydrogens is 342 g/mol. The number of carbonyl (C=O) groups is 1. The standard InChI is InChI=1S/C20H27N5O2/c1-27-19-5-3-2-4-18(19)25-10-8-15(9-11-25)22-20(26)23-16-7-6-14-13-21-24-17(14)12-16/h2-5,13,15-16H,6-12H2,1H3,(H,21,24)(H2,22,23,26). The molecule has 2 aliphatic rings. The summed E-state index contributed by atoms with van der Waals surface area (Å²) >= 11 is 0. The number of amides is 2. The van der Waals surface area contributed by atoms with Crippen LogP contribution in [0.25, 0.3) is 0 Å². The summed E-state index contributed by atoms with van der Waals surface area (Å²) in [5.41, 5.74) is 3.55. The average molecular weight is 369 g/mol. The number of methoxy groups -OCH3 is 1. The highest BCUT2D eigenvalue weighted by Gasteiger charge is 2.25. The molecule has 1 atom stereocenters. The zero-order valence-electron chi connectivity index (χ0n) is 15.7. The molecule has 3 N–H and O–H groups in total. The van der Waals surface area contributed by atoms with Crippen LogP contribution < -0.4 is 20.3 Å². The van der Waals surface area contributed by atoms with E-state index in [9.17, 15) is 4.79 Å². The highest BCUT2D eigenvalue weighted by atomic mass is 16.5. The van der Waals surface area contributed by atoms with Crippen LogP contribution in [0.2, 0.25) is 0 Å². The van der Waals surface area contributed by atoms with Gasteiger partial charge in [0.1, 0.15) is 5.75 Å². The van der Waals surface area contributed by atoms with Gasteiger partial charge in [-0.1, -0.05) is 12.1 Å². The Morgan fingerprint density at radius 3 is 2.78 bits per heavy atom. The van der Waals surface area contributed by atoms with Crippen molar-refractivity contribution in [3.05, 3.63) is 41.7 Å². The van der Waals surface area contributed by atoms with Gasteiger partial charge >= 0.3 is 6.03 Å². The molecule has 144 valence electrons. The van der Waals surface area contributed by atoms with Gasteiger partial charge < -0.3 is 20.3 Å². The van der Waals surface area contributed by atoms with Crippen LogP contribution in [0.5, 0.6) is 5.75 Å². The van der Waals surface area contributed by atoms with Crippen LogP contribution in [0.15, 0.2) is 30.5 Å². The fourth-order valence-electron chi connectivity index (χ4n) is 4.10. The number of nitrogens with zero attached hydrogens (tertiary/aromatic N) is 2. The zero-order chi connectivity index (χ0) is 18.6. The fourth-order valence-corrected chi connectivity index (χ4v) is 4.10. The average Bonchev–Trinajstić information content (AvgIpc) is 3.16. The second-order valence-electron chi connectivity index (χ2n) is 7.36. The van der Waals surface area contributed by atoms with Gasteiger partial charge in [-0.2, -0.15) is 5.10 Å². The molecule has 2 aromatic rings. The lowest BCUT2D eigenvalue weighted by molar-refractivity contribution is 0.229. The minimum absolute atomic E-state index is 0.0568. The van der Waals surface area contributed by atoms with Crippen LogP contribution >= 0.6 is 0 Å². The fraction of sp³-hybridized carbons (Fsp3) is 0.500. The quantitative estimate of drug-likeness (QED) is 0.772. The summed E-state index contributed by atoms with van der Waals surface area (Å²) < 4.78 is 5.47. The van der Waals surface area contributed by atoms with Crippen LogP contribution in [0, 0.1) is 0 Å². The van der Waals surface area contributed by atoms with E-state index in [1.54, 1.807) is 7.11 Å². The predicted molar refractivity (Wildman–Crippen MR) is 104 cm³/mol. The van der Waals surface area contributed by atoms with E-state index in [1.165, 1.54) is 5.56 Å². The third-order valence-corrected chi connectivity index (χ3v) is 5.61. The normalized spacial score (nSPS) is 20.0. The number of H-pyrrole nitrogens is 1. The molecule has 0 radical (unpaired) electrons. The molecule has 0 bridgehead atoms. The van der Waals surface area contributed by atoms with E-state index in [2.05, 4.69) is 31.8 Å². The highest BCUT2D eigenvalue weighted by molar-refractivity contribution is 5.74. The number of benzene rings is 1. The smallest absolute Gasteiger partial charge is 0.315 e. The number of urea groups is 1. The molecule has 1 unspecified atom stereocenters. The lowest BCUT2D eigenvalue weighted by atomic mass is 9.94. The summed E-state index contributed by atoms with van der Waals surface area (Å²) in [6, 6.07) is 8.42. The molecule has 1 aromatic heterocycles. The van der Waals surface area contributed by atoms with Gasteiger partial charge in [-0.3, -0.25) is 5.10 Å². The molecular formula is C20H27N5O2. The van der Waals surface area contributed by atoms with Gasteiger partial charge in [-0.05, 0) is 43.4 Å². The van der Waals surface area contributed by atoms with Crippen LogP contribution in [0.3, 0.4) is 0 Å². The second kappa shape index (κ2) is 7.90. The summed E-state index contributed by atoms with van der Waals surface area (Å²) in [7, 11) is 1.70. The number of anilines is 1. The first kappa shape index (κ1) is 17.7. The molecule has 2 heterocycles. The molecule has 1 fully saturated rings. The Bertz CT molecular complexity index is 782. The lowest BCUT2D eigenvalue weighted by Gasteiger charge is -2.35. The van der Waals surface area contributed by atoms with E-state index in [0.717, 1.165) is 62.3 Å². The monoisotopic (exact) mass is 369 g/mol. The Balaban J connectivity index is 1.25. The zero-order valence-corrected chi connectivity index (χ0v) is 15.7. The number of hydrogen-bond donors (Lipinski definition) is 3. The SMILES string of the molecule is COc1ccccc1N1CCC(NC(=O)NC2CCc3cn[nH]c3C2)CC1. The Morgan fingerprint density at radius 2 is 1.96 bits per heavy atom. The van der Waals surface area contributed by atoms with Gasteiger partial charge in [0.15, 0.2) is 0 Å². The van der Waals surface area contributed by atoms with Gasteiger partial charge in [-0.15, -0.1) is 0 Å². The topological polar surface area (TPSA) is 82.3 Å². The van der Waals surface area contributed by atoms with Gasteiger partial charge in [0.25, 0.3) is 0 Å². The summed E-state index contributed by atoms with van der Waals surface area (Å²) in [5, 5.41) is 13.4. The number of ether oxygens (including phenoxy) is 1. The molecule has 0 spiro atoms. The van der Waals surface area contributed by atoms with Crippen molar-refractivity contribution in [2.75, 3.05) is 25.1 Å². The van der Waals surface area contributed by atoms with E-state index in [4.69, 9.17) is 4.74 Å². The third-order valence-electron chi connectivity index (χ3n) is 5.61. The van der Waals surface area contributed by atoms with E-state index < -0.39 is 0 Å². The number of hydrogen-bond acceptors (Lipinski definition) is 4. The first-order valence-corrected chi connectivity index (χ1v) is 9.69. The summed E-state index contributed by atoms with van der Waals surface area (Å²) in [4.78, 5) is 14.7. The Morgan fingerprint density at radius 1 is 1.19 bits per heavy atom. The molecule has 4 rings (SSSR count). The summed E-state index contributed by atoms with van der Waals surface area (Å²) in [6.07, 6.45) is 6.51. The van der Waals surface area contributed by atoms with E-state index in [1.807, 2.05) is 24.4 Å². The first-order chi connectivity index (χ1) is 13.2. The number of piperidine rings is 1. The maximum absolute atomic E-state index is 12.4. The lowest BCUT2D eigenvalue weighted by Crippen LogP contribution is -2.51. The van der Waals surface area contributed by atoms with Crippen molar-refractivity contribution in [2.45, 2.75) is 44.2 Å². The Hall–Kier alpha value is -2.70. The van der Waals surface area contributed by atoms with E-state index in [0.29, 0.717) is 0 Å². The molecule has 1 saturated heterocycles. The van der Waals surface area contributed by atoms with Crippen molar-refractivity contribution >= 4 is 11.7 Å².